The van der Waals surface area contributed by atoms with Crippen molar-refractivity contribution in [2.45, 2.75) is 32.2 Å². The van der Waals surface area contributed by atoms with Crippen molar-refractivity contribution in [1.29, 1.82) is 0 Å². The lowest BCUT2D eigenvalue weighted by atomic mass is 9.85. The second-order valence-corrected chi connectivity index (χ2v) is 4.95. The predicted octanol–water partition coefficient (Wildman–Crippen LogP) is 0.143. The Bertz CT molecular complexity index is 548. The average Bonchev–Trinajstić information content (AvgIpc) is 2.73. The van der Waals surface area contributed by atoms with Gasteiger partial charge in [-0.25, -0.2) is 5.10 Å². The maximum Gasteiger partial charge on any atom is 0.311 e. The molecule has 2 atom stereocenters. The number of aromatic nitrogens is 2. The number of carbonyl (C=O) groups is 2. The number of amides is 1. The third-order valence-electron chi connectivity index (χ3n) is 3.66. The summed E-state index contributed by atoms with van der Waals surface area (Å²) in [6, 6.07) is 2.08. The molecule has 0 bridgehead atoms. The van der Waals surface area contributed by atoms with Crippen LogP contribution in [0.2, 0.25) is 0 Å². The summed E-state index contributed by atoms with van der Waals surface area (Å²) in [5.74, 6) is -1.39. The van der Waals surface area contributed by atoms with Gasteiger partial charge in [-0.15, -0.1) is 0 Å². The van der Waals surface area contributed by atoms with Gasteiger partial charge in [-0.2, -0.15) is 5.10 Å². The van der Waals surface area contributed by atoms with Gasteiger partial charge in [-0.1, -0.05) is 6.42 Å². The van der Waals surface area contributed by atoms with Crippen LogP contribution < -0.4 is 10.9 Å². The maximum atomic E-state index is 11.9. The summed E-state index contributed by atoms with van der Waals surface area (Å²) in [6.07, 6.45) is 1.91. The van der Waals surface area contributed by atoms with Crippen LogP contribution in [0.4, 0.5) is 0 Å². The quantitative estimate of drug-likeness (QED) is 0.719. The van der Waals surface area contributed by atoms with Gasteiger partial charge in [0, 0.05) is 12.1 Å². The second kappa shape index (κ2) is 4.83. The monoisotopic (exact) mass is 265 g/mol. The van der Waals surface area contributed by atoms with E-state index in [0.29, 0.717) is 12.8 Å². The number of carboxylic acid groups (broad SMARTS) is 1. The van der Waals surface area contributed by atoms with E-state index in [4.69, 9.17) is 0 Å². The number of aliphatic carboxylic acids is 1. The molecule has 7 heteroatoms. The van der Waals surface area contributed by atoms with E-state index in [1.807, 2.05) is 0 Å². The summed E-state index contributed by atoms with van der Waals surface area (Å²) in [7, 11) is 0. The first-order valence-electron chi connectivity index (χ1n) is 6.03. The van der Waals surface area contributed by atoms with Crippen LogP contribution in [0.25, 0.3) is 0 Å². The van der Waals surface area contributed by atoms with Crippen LogP contribution in [0.5, 0.6) is 0 Å². The Kier molecular flexibility index (Phi) is 3.37. The lowest BCUT2D eigenvalue weighted by molar-refractivity contribution is -0.148. The van der Waals surface area contributed by atoms with Crippen molar-refractivity contribution in [1.82, 2.24) is 15.5 Å². The smallest absolute Gasteiger partial charge is 0.311 e. The summed E-state index contributed by atoms with van der Waals surface area (Å²) < 4.78 is 0. The summed E-state index contributed by atoms with van der Waals surface area (Å²) in [5.41, 5.74) is -1.27. The number of aromatic amines is 1. The Morgan fingerprint density at radius 1 is 1.53 bits per heavy atom. The molecule has 102 valence electrons. The Hall–Kier alpha value is -2.18. The van der Waals surface area contributed by atoms with Crippen LogP contribution in [0.3, 0.4) is 0 Å². The third kappa shape index (κ3) is 2.49. The van der Waals surface area contributed by atoms with Crippen LogP contribution in [0.15, 0.2) is 16.9 Å². The summed E-state index contributed by atoms with van der Waals surface area (Å²) >= 11 is 0. The summed E-state index contributed by atoms with van der Waals surface area (Å²) in [4.78, 5) is 34.1. The van der Waals surface area contributed by atoms with Crippen molar-refractivity contribution < 1.29 is 14.7 Å². The van der Waals surface area contributed by atoms with Gasteiger partial charge in [0.15, 0.2) is 0 Å². The minimum absolute atomic E-state index is 0.0687. The van der Waals surface area contributed by atoms with Crippen molar-refractivity contribution >= 4 is 11.9 Å². The maximum absolute atomic E-state index is 11.9. The number of carboxylic acids is 1. The highest BCUT2D eigenvalue weighted by Gasteiger charge is 2.46. The molecule has 1 fully saturated rings. The van der Waals surface area contributed by atoms with E-state index < -0.39 is 28.9 Å². The van der Waals surface area contributed by atoms with E-state index in [9.17, 15) is 19.5 Å². The largest absolute Gasteiger partial charge is 0.481 e. The number of carbonyl (C=O) groups excluding carboxylic acids is 1. The van der Waals surface area contributed by atoms with Gasteiger partial charge in [0.25, 0.3) is 11.5 Å². The van der Waals surface area contributed by atoms with E-state index in [1.54, 1.807) is 6.92 Å². The molecule has 1 aliphatic carbocycles. The number of hydrogen-bond acceptors (Lipinski definition) is 4. The molecule has 1 saturated carbocycles. The van der Waals surface area contributed by atoms with Crippen molar-refractivity contribution in [3.05, 3.63) is 28.2 Å². The topological polar surface area (TPSA) is 112 Å². The normalized spacial score (nSPS) is 26.1. The van der Waals surface area contributed by atoms with Gasteiger partial charge in [0.2, 0.25) is 0 Å². The Labute approximate surface area is 109 Å². The predicted molar refractivity (Wildman–Crippen MR) is 65.7 cm³/mol. The number of hydrogen-bond donors (Lipinski definition) is 3. The van der Waals surface area contributed by atoms with E-state index in [-0.39, 0.29) is 5.69 Å². The number of H-pyrrole nitrogens is 1. The molecule has 2 rings (SSSR count). The molecule has 0 spiro atoms. The van der Waals surface area contributed by atoms with Crippen molar-refractivity contribution in [2.75, 3.05) is 0 Å². The highest BCUT2D eigenvalue weighted by Crippen LogP contribution is 2.38. The van der Waals surface area contributed by atoms with Crippen LogP contribution in [0, 0.1) is 5.41 Å². The molecule has 0 saturated heterocycles. The minimum Gasteiger partial charge on any atom is -0.481 e. The summed E-state index contributed by atoms with van der Waals surface area (Å²) in [5, 5.41) is 17.7. The van der Waals surface area contributed by atoms with Gasteiger partial charge in [0.1, 0.15) is 5.69 Å². The molecular weight excluding hydrogens is 250 g/mol. The molecule has 0 radical (unpaired) electrons. The molecular formula is C12H15N3O4. The third-order valence-corrected chi connectivity index (χ3v) is 3.66. The molecule has 1 amide bonds. The fraction of sp³-hybridized carbons (Fsp3) is 0.500. The number of nitrogens with zero attached hydrogens (tertiary/aromatic N) is 1. The zero-order valence-corrected chi connectivity index (χ0v) is 10.5. The highest BCUT2D eigenvalue weighted by atomic mass is 16.4. The molecule has 0 aromatic carbocycles. The van der Waals surface area contributed by atoms with Crippen LogP contribution in [-0.2, 0) is 4.79 Å². The van der Waals surface area contributed by atoms with E-state index in [0.717, 1.165) is 6.42 Å². The van der Waals surface area contributed by atoms with E-state index in [1.165, 1.54) is 12.1 Å². The van der Waals surface area contributed by atoms with Gasteiger partial charge in [-0.05, 0) is 25.8 Å². The first-order valence-corrected chi connectivity index (χ1v) is 6.03. The molecule has 2 unspecified atom stereocenters. The Morgan fingerprint density at radius 3 is 2.84 bits per heavy atom. The van der Waals surface area contributed by atoms with Gasteiger partial charge in [-0.3, -0.25) is 14.4 Å². The molecule has 1 heterocycles. The van der Waals surface area contributed by atoms with Crippen molar-refractivity contribution in [2.24, 2.45) is 5.41 Å². The van der Waals surface area contributed by atoms with Gasteiger partial charge in [0.05, 0.1) is 5.41 Å². The molecule has 1 aromatic rings. The minimum atomic E-state index is -0.947. The van der Waals surface area contributed by atoms with Gasteiger partial charge < -0.3 is 10.4 Å². The van der Waals surface area contributed by atoms with E-state index in [2.05, 4.69) is 15.5 Å². The lowest BCUT2D eigenvalue weighted by Crippen LogP contribution is -2.47. The van der Waals surface area contributed by atoms with Crippen LogP contribution in [-0.4, -0.2) is 33.2 Å². The van der Waals surface area contributed by atoms with Crippen molar-refractivity contribution in [3.8, 4) is 0 Å². The molecule has 1 aliphatic rings. The number of rotatable bonds is 3. The Balaban J connectivity index is 2.13. The van der Waals surface area contributed by atoms with Crippen LogP contribution in [0.1, 0.15) is 36.7 Å². The Morgan fingerprint density at radius 2 is 2.26 bits per heavy atom. The first kappa shape index (κ1) is 13.3. The summed E-state index contributed by atoms with van der Waals surface area (Å²) in [6.45, 7) is 1.63. The average molecular weight is 265 g/mol. The van der Waals surface area contributed by atoms with E-state index >= 15 is 0 Å². The fourth-order valence-corrected chi connectivity index (χ4v) is 2.36. The second-order valence-electron chi connectivity index (χ2n) is 4.95. The molecule has 7 nitrogen and oxygen atoms in total. The molecule has 19 heavy (non-hydrogen) atoms. The van der Waals surface area contributed by atoms with Crippen LogP contribution >= 0.6 is 0 Å². The molecule has 0 aliphatic heterocycles. The standard InChI is InChI=1S/C12H15N3O4/c1-12(11(18)19)6-2-3-8(12)13-10(17)7-4-5-9(16)15-14-7/h4-5,8H,2-3,6H2,1H3,(H,13,17)(H,15,16)(H,18,19). The molecule has 1 aromatic heterocycles. The van der Waals surface area contributed by atoms with Crippen molar-refractivity contribution in [3.63, 3.8) is 0 Å². The zero-order valence-electron chi connectivity index (χ0n) is 10.5. The first-order chi connectivity index (χ1) is 8.93. The molecule has 3 N–H and O–H groups in total. The fourth-order valence-electron chi connectivity index (χ4n) is 2.36. The highest BCUT2D eigenvalue weighted by molar-refractivity contribution is 5.92. The zero-order chi connectivity index (χ0) is 14.0. The lowest BCUT2D eigenvalue weighted by Gasteiger charge is -2.27. The van der Waals surface area contributed by atoms with Gasteiger partial charge >= 0.3 is 5.97 Å². The number of nitrogens with one attached hydrogen (secondary N) is 2. The SMILES string of the molecule is CC1(C(=O)O)CCCC1NC(=O)c1ccc(=O)[nH]n1.